The lowest BCUT2D eigenvalue weighted by Crippen LogP contribution is -2.51. The van der Waals surface area contributed by atoms with Crippen molar-refractivity contribution in [3.63, 3.8) is 0 Å². The first-order chi connectivity index (χ1) is 11.7. The van der Waals surface area contributed by atoms with E-state index in [9.17, 15) is 19.8 Å². The molecule has 25 heavy (non-hydrogen) atoms. The van der Waals surface area contributed by atoms with E-state index in [2.05, 4.69) is 4.90 Å². The lowest BCUT2D eigenvalue weighted by atomic mass is 9.96. The lowest BCUT2D eigenvalue weighted by molar-refractivity contribution is -0.187. The molecule has 0 saturated carbocycles. The highest BCUT2D eigenvalue weighted by molar-refractivity contribution is 5.88. The van der Waals surface area contributed by atoms with Crippen LogP contribution in [-0.2, 0) is 19.1 Å². The number of esters is 2. The van der Waals surface area contributed by atoms with Crippen LogP contribution in [0.3, 0.4) is 0 Å². The monoisotopic (exact) mass is 355 g/mol. The number of carbonyl (C=O) groups is 2. The van der Waals surface area contributed by atoms with Crippen molar-refractivity contribution >= 4 is 11.9 Å². The highest BCUT2D eigenvalue weighted by Crippen LogP contribution is 2.35. The van der Waals surface area contributed by atoms with Gasteiger partial charge in [-0.25, -0.2) is 9.59 Å². The van der Waals surface area contributed by atoms with Crippen LogP contribution >= 0.6 is 0 Å². The molecule has 0 bridgehead atoms. The number of nitrogens with zero attached hydrogens (tertiary/aromatic N) is 1. The standard InChI is InChI=1S/C18H29NO6/c1-5-11(2)16(21)24-12(3)18(4,23)17(22)25-14-7-9-19-8-6-13(10-20)15(14)19/h5,12-15,20,23H,6-10H2,1-4H3/b11-5+/t12?,13-,14-,15?,18?/m1/s1. The van der Waals surface area contributed by atoms with E-state index in [0.29, 0.717) is 12.0 Å². The van der Waals surface area contributed by atoms with Gasteiger partial charge in [0, 0.05) is 24.6 Å². The van der Waals surface area contributed by atoms with Gasteiger partial charge in [-0.2, -0.15) is 0 Å². The maximum atomic E-state index is 12.5. The van der Waals surface area contributed by atoms with Crippen molar-refractivity contribution in [2.24, 2.45) is 5.92 Å². The maximum Gasteiger partial charge on any atom is 0.342 e. The molecular formula is C18H29NO6. The fourth-order valence-corrected chi connectivity index (χ4v) is 3.45. The van der Waals surface area contributed by atoms with Crippen LogP contribution in [0.25, 0.3) is 0 Å². The number of aliphatic hydroxyl groups excluding tert-OH is 1. The zero-order valence-electron chi connectivity index (χ0n) is 15.4. The Hall–Kier alpha value is -1.44. The van der Waals surface area contributed by atoms with Gasteiger partial charge in [0.1, 0.15) is 12.2 Å². The summed E-state index contributed by atoms with van der Waals surface area (Å²) in [5, 5.41) is 20.1. The molecule has 2 aliphatic rings. The Bertz CT molecular complexity index is 544. The van der Waals surface area contributed by atoms with Gasteiger partial charge in [0.15, 0.2) is 5.60 Å². The Morgan fingerprint density at radius 3 is 2.60 bits per heavy atom. The molecule has 5 atom stereocenters. The molecule has 3 unspecified atom stereocenters. The summed E-state index contributed by atoms with van der Waals surface area (Å²) in [7, 11) is 0. The number of rotatable bonds is 6. The third-order valence-corrected chi connectivity index (χ3v) is 5.51. The van der Waals surface area contributed by atoms with E-state index in [1.165, 1.54) is 13.8 Å². The lowest BCUT2D eigenvalue weighted by Gasteiger charge is -2.31. The van der Waals surface area contributed by atoms with E-state index in [1.807, 2.05) is 0 Å². The van der Waals surface area contributed by atoms with E-state index in [-0.39, 0.29) is 24.7 Å². The molecule has 0 aromatic rings. The zero-order valence-corrected chi connectivity index (χ0v) is 15.4. The second-order valence-electron chi connectivity index (χ2n) is 7.16. The fraction of sp³-hybridized carbons (Fsp3) is 0.778. The van der Waals surface area contributed by atoms with Crippen molar-refractivity contribution < 1.29 is 29.3 Å². The van der Waals surface area contributed by atoms with Gasteiger partial charge in [-0.1, -0.05) is 6.08 Å². The number of hydrogen-bond acceptors (Lipinski definition) is 7. The Balaban J connectivity index is 2.00. The average Bonchev–Trinajstić information content (AvgIpc) is 3.16. The molecule has 2 N–H and O–H groups in total. The maximum absolute atomic E-state index is 12.5. The molecule has 0 aromatic carbocycles. The van der Waals surface area contributed by atoms with Crippen LogP contribution in [0.1, 0.15) is 40.5 Å². The van der Waals surface area contributed by atoms with Gasteiger partial charge >= 0.3 is 11.9 Å². The molecule has 142 valence electrons. The molecule has 0 amide bonds. The molecular weight excluding hydrogens is 326 g/mol. The minimum atomic E-state index is -1.94. The molecule has 2 aliphatic heterocycles. The molecule has 7 heteroatoms. The highest BCUT2D eigenvalue weighted by atomic mass is 16.6. The normalized spacial score (nSPS) is 30.5. The molecule has 2 heterocycles. The minimum Gasteiger partial charge on any atom is -0.458 e. The molecule has 0 aliphatic carbocycles. The summed E-state index contributed by atoms with van der Waals surface area (Å²) in [6, 6.07) is -0.00660. The smallest absolute Gasteiger partial charge is 0.342 e. The Kier molecular flexibility index (Phi) is 6.24. The molecule has 2 saturated heterocycles. The summed E-state index contributed by atoms with van der Waals surface area (Å²) < 4.78 is 10.7. The van der Waals surface area contributed by atoms with Crippen LogP contribution in [0, 0.1) is 5.92 Å². The van der Waals surface area contributed by atoms with E-state index < -0.39 is 23.6 Å². The predicted octanol–water partition coefficient (Wildman–Crippen LogP) is 0.634. The van der Waals surface area contributed by atoms with Crippen molar-refractivity contribution in [1.82, 2.24) is 4.90 Å². The van der Waals surface area contributed by atoms with Crippen LogP contribution in [0.5, 0.6) is 0 Å². The topological polar surface area (TPSA) is 96.3 Å². The van der Waals surface area contributed by atoms with Crippen molar-refractivity contribution in [2.45, 2.75) is 64.4 Å². The van der Waals surface area contributed by atoms with Crippen LogP contribution in [0.4, 0.5) is 0 Å². The number of aliphatic hydroxyl groups is 2. The van der Waals surface area contributed by atoms with Gasteiger partial charge in [0.05, 0.1) is 6.04 Å². The summed E-state index contributed by atoms with van der Waals surface area (Å²) >= 11 is 0. The van der Waals surface area contributed by atoms with E-state index in [4.69, 9.17) is 9.47 Å². The van der Waals surface area contributed by atoms with E-state index in [1.54, 1.807) is 19.9 Å². The second-order valence-corrected chi connectivity index (χ2v) is 7.16. The van der Waals surface area contributed by atoms with Crippen LogP contribution in [0.15, 0.2) is 11.6 Å². The SMILES string of the molecule is C/C=C(\C)C(=O)OC(C)C(C)(O)C(=O)O[C@@H]1CCN2CC[C@H](CO)C12. The van der Waals surface area contributed by atoms with Crippen molar-refractivity contribution in [1.29, 1.82) is 0 Å². The van der Waals surface area contributed by atoms with E-state index >= 15 is 0 Å². The zero-order chi connectivity index (χ0) is 18.8. The van der Waals surface area contributed by atoms with Crippen LogP contribution in [-0.4, -0.2) is 70.6 Å². The largest absolute Gasteiger partial charge is 0.458 e. The molecule has 0 aromatic heterocycles. The molecule has 2 fully saturated rings. The number of allylic oxidation sites excluding steroid dienone is 1. The van der Waals surface area contributed by atoms with Gasteiger partial charge in [-0.15, -0.1) is 0 Å². The van der Waals surface area contributed by atoms with Crippen LogP contribution in [0.2, 0.25) is 0 Å². The molecule has 0 spiro atoms. The summed E-state index contributed by atoms with van der Waals surface area (Å²) in [5.74, 6) is -1.30. The molecule has 2 rings (SSSR count). The third-order valence-electron chi connectivity index (χ3n) is 5.51. The van der Waals surface area contributed by atoms with Gasteiger partial charge in [0.2, 0.25) is 0 Å². The highest BCUT2D eigenvalue weighted by Gasteiger charge is 2.48. The summed E-state index contributed by atoms with van der Waals surface area (Å²) in [5.41, 5.74) is -1.54. The van der Waals surface area contributed by atoms with Gasteiger partial charge in [-0.3, -0.25) is 4.90 Å². The molecule has 7 nitrogen and oxygen atoms in total. The number of ether oxygens (including phenoxy) is 2. The number of carbonyl (C=O) groups excluding carboxylic acids is 2. The number of fused-ring (bicyclic) bond motifs is 1. The summed E-state index contributed by atoms with van der Waals surface area (Å²) in [4.78, 5) is 26.6. The number of hydrogen-bond donors (Lipinski definition) is 2. The van der Waals surface area contributed by atoms with Crippen molar-refractivity contribution in [3.8, 4) is 0 Å². The Morgan fingerprint density at radius 1 is 1.36 bits per heavy atom. The van der Waals surface area contributed by atoms with Crippen LogP contribution < -0.4 is 0 Å². The van der Waals surface area contributed by atoms with Crippen molar-refractivity contribution in [3.05, 3.63) is 11.6 Å². The molecule has 0 radical (unpaired) electrons. The summed E-state index contributed by atoms with van der Waals surface area (Å²) in [6.07, 6.45) is 1.75. The average molecular weight is 355 g/mol. The fourth-order valence-electron chi connectivity index (χ4n) is 3.45. The van der Waals surface area contributed by atoms with Gasteiger partial charge < -0.3 is 19.7 Å². The Labute approximate surface area is 148 Å². The van der Waals surface area contributed by atoms with Crippen molar-refractivity contribution in [2.75, 3.05) is 19.7 Å². The quantitative estimate of drug-likeness (QED) is 0.533. The summed E-state index contributed by atoms with van der Waals surface area (Å²) in [6.45, 7) is 7.83. The van der Waals surface area contributed by atoms with Gasteiger partial charge in [-0.05, 0) is 47.1 Å². The first-order valence-electron chi connectivity index (χ1n) is 8.84. The first-order valence-corrected chi connectivity index (χ1v) is 8.84. The van der Waals surface area contributed by atoms with E-state index in [0.717, 1.165) is 19.5 Å². The first kappa shape index (κ1) is 19.9. The minimum absolute atomic E-state index is 0.00660. The predicted molar refractivity (Wildman–Crippen MR) is 90.7 cm³/mol. The Morgan fingerprint density at radius 2 is 2.00 bits per heavy atom. The van der Waals surface area contributed by atoms with Gasteiger partial charge in [0.25, 0.3) is 0 Å². The third kappa shape index (κ3) is 4.04. The second kappa shape index (κ2) is 7.85.